The van der Waals surface area contributed by atoms with Crippen LogP contribution in [0.1, 0.15) is 21.7 Å². The fraction of sp³-hybridized carbons (Fsp3) is 0.150. The highest BCUT2D eigenvalue weighted by Gasteiger charge is 2.29. The Morgan fingerprint density at radius 3 is 2.69 bits per heavy atom. The molecule has 0 aliphatic carbocycles. The van der Waals surface area contributed by atoms with Gasteiger partial charge in [-0.3, -0.25) is 24.3 Å². The van der Waals surface area contributed by atoms with Crippen molar-refractivity contribution in [1.29, 1.82) is 0 Å². The van der Waals surface area contributed by atoms with Crippen molar-refractivity contribution in [1.82, 2.24) is 19.6 Å². The van der Waals surface area contributed by atoms with E-state index >= 15 is 0 Å². The second kappa shape index (κ2) is 7.19. The van der Waals surface area contributed by atoms with Crippen molar-refractivity contribution < 1.29 is 9.72 Å². The molecule has 9 heteroatoms. The van der Waals surface area contributed by atoms with Crippen LogP contribution in [-0.2, 0) is 13.6 Å². The van der Waals surface area contributed by atoms with Crippen LogP contribution in [0.25, 0.3) is 10.8 Å². The van der Waals surface area contributed by atoms with E-state index in [9.17, 15) is 14.9 Å². The predicted octanol–water partition coefficient (Wildman–Crippen LogP) is 3.29. The molecule has 2 aromatic heterocycles. The molecule has 0 spiro atoms. The Kier molecular flexibility index (Phi) is 4.55. The Morgan fingerprint density at radius 1 is 1.14 bits per heavy atom. The van der Waals surface area contributed by atoms with Gasteiger partial charge in [0, 0.05) is 19.3 Å². The van der Waals surface area contributed by atoms with Crippen molar-refractivity contribution in [2.45, 2.75) is 13.5 Å². The average molecular weight is 390 g/mol. The number of carbonyl (C=O) groups is 1. The van der Waals surface area contributed by atoms with Crippen molar-refractivity contribution in [3.8, 4) is 0 Å². The number of rotatable bonds is 5. The van der Waals surface area contributed by atoms with Gasteiger partial charge in [-0.2, -0.15) is 10.2 Å². The number of aryl methyl sites for hydroxylation is 1. The summed E-state index contributed by atoms with van der Waals surface area (Å²) in [5, 5.41) is 24.5. The standard InChI is InChI=1S/C20H18N6O3/c1-13-19(26(28)29)18(23-24(13)2)20(27)21-17-10-11-25(22-17)12-15-8-5-7-14-6-3-4-9-16(14)15/h3-11H,12H2,1-2H3,(H,21,22,27). The van der Waals surface area contributed by atoms with Crippen molar-refractivity contribution in [2.24, 2.45) is 7.05 Å². The lowest BCUT2D eigenvalue weighted by atomic mass is 10.0. The molecule has 0 unspecified atom stereocenters. The first-order chi connectivity index (χ1) is 13.9. The molecule has 2 aromatic carbocycles. The Morgan fingerprint density at radius 2 is 1.90 bits per heavy atom. The lowest BCUT2D eigenvalue weighted by Crippen LogP contribution is -2.15. The fourth-order valence-electron chi connectivity index (χ4n) is 3.27. The van der Waals surface area contributed by atoms with E-state index in [1.54, 1.807) is 30.9 Å². The Hall–Kier alpha value is -4.01. The van der Waals surface area contributed by atoms with Gasteiger partial charge in [-0.1, -0.05) is 42.5 Å². The van der Waals surface area contributed by atoms with Gasteiger partial charge in [-0.05, 0) is 23.3 Å². The molecule has 1 amide bonds. The van der Waals surface area contributed by atoms with Gasteiger partial charge in [0.05, 0.1) is 11.5 Å². The number of benzene rings is 2. The molecule has 146 valence electrons. The van der Waals surface area contributed by atoms with Gasteiger partial charge >= 0.3 is 5.69 Å². The molecule has 29 heavy (non-hydrogen) atoms. The summed E-state index contributed by atoms with van der Waals surface area (Å²) in [6, 6.07) is 15.8. The van der Waals surface area contributed by atoms with Crippen LogP contribution < -0.4 is 5.32 Å². The molecule has 0 radical (unpaired) electrons. The maximum Gasteiger partial charge on any atom is 0.322 e. The van der Waals surface area contributed by atoms with E-state index in [4.69, 9.17) is 0 Å². The molecule has 4 rings (SSSR count). The number of carbonyl (C=O) groups excluding carboxylic acids is 1. The number of nitrogens with zero attached hydrogens (tertiary/aromatic N) is 5. The summed E-state index contributed by atoms with van der Waals surface area (Å²) in [5.74, 6) is -0.372. The van der Waals surface area contributed by atoms with Gasteiger partial charge in [0.1, 0.15) is 5.69 Å². The van der Waals surface area contributed by atoms with E-state index in [0.29, 0.717) is 18.1 Å². The molecule has 0 aliphatic heterocycles. The topological polar surface area (TPSA) is 108 Å². The van der Waals surface area contributed by atoms with Gasteiger partial charge < -0.3 is 5.32 Å². The lowest BCUT2D eigenvalue weighted by molar-refractivity contribution is -0.385. The first kappa shape index (κ1) is 18.4. The minimum atomic E-state index is -0.671. The lowest BCUT2D eigenvalue weighted by Gasteiger charge is -2.06. The third kappa shape index (κ3) is 3.45. The molecule has 0 bridgehead atoms. The highest BCUT2D eigenvalue weighted by molar-refractivity contribution is 6.05. The average Bonchev–Trinajstić information content (AvgIpc) is 3.26. The second-order valence-corrected chi connectivity index (χ2v) is 6.65. The fourth-order valence-corrected chi connectivity index (χ4v) is 3.27. The van der Waals surface area contributed by atoms with Crippen molar-refractivity contribution in [3.63, 3.8) is 0 Å². The molecular weight excluding hydrogens is 372 g/mol. The third-order valence-corrected chi connectivity index (χ3v) is 4.79. The molecule has 4 aromatic rings. The number of nitro groups is 1. The van der Waals surface area contributed by atoms with Crippen molar-refractivity contribution >= 4 is 28.2 Å². The molecule has 0 saturated carbocycles. The highest BCUT2D eigenvalue weighted by Crippen LogP contribution is 2.23. The monoisotopic (exact) mass is 390 g/mol. The van der Waals surface area contributed by atoms with Gasteiger partial charge in [-0.25, -0.2) is 0 Å². The summed E-state index contributed by atoms with van der Waals surface area (Å²) < 4.78 is 3.02. The first-order valence-corrected chi connectivity index (χ1v) is 8.93. The van der Waals surface area contributed by atoms with E-state index in [1.165, 1.54) is 4.68 Å². The largest absolute Gasteiger partial charge is 0.322 e. The Bertz CT molecular complexity index is 1230. The van der Waals surface area contributed by atoms with Gasteiger partial charge in [0.2, 0.25) is 5.69 Å². The van der Waals surface area contributed by atoms with Gasteiger partial charge in [0.25, 0.3) is 5.91 Å². The summed E-state index contributed by atoms with van der Waals surface area (Å²) >= 11 is 0. The number of hydrogen-bond donors (Lipinski definition) is 1. The molecular formula is C20H18N6O3. The van der Waals surface area contributed by atoms with Gasteiger partial charge in [-0.15, -0.1) is 0 Å². The van der Waals surface area contributed by atoms with Crippen LogP contribution >= 0.6 is 0 Å². The maximum absolute atomic E-state index is 12.5. The normalized spacial score (nSPS) is 11.0. The summed E-state index contributed by atoms with van der Waals surface area (Å²) in [7, 11) is 1.55. The minimum Gasteiger partial charge on any atom is -0.303 e. The molecule has 1 N–H and O–H groups in total. The minimum absolute atomic E-state index is 0.237. The summed E-state index contributed by atoms with van der Waals surface area (Å²) in [6.07, 6.45) is 1.75. The number of amides is 1. The van der Waals surface area contributed by atoms with E-state index in [0.717, 1.165) is 16.3 Å². The van der Waals surface area contributed by atoms with E-state index in [1.807, 2.05) is 24.3 Å². The second-order valence-electron chi connectivity index (χ2n) is 6.65. The highest BCUT2D eigenvalue weighted by atomic mass is 16.6. The van der Waals surface area contributed by atoms with Crippen LogP contribution in [0.3, 0.4) is 0 Å². The predicted molar refractivity (Wildman–Crippen MR) is 108 cm³/mol. The van der Waals surface area contributed by atoms with Crippen LogP contribution in [-0.4, -0.2) is 30.4 Å². The number of anilines is 1. The van der Waals surface area contributed by atoms with E-state index in [-0.39, 0.29) is 11.4 Å². The summed E-state index contributed by atoms with van der Waals surface area (Å²) in [5.41, 5.74) is 0.862. The molecule has 0 fully saturated rings. The Balaban J connectivity index is 1.55. The zero-order valence-corrected chi connectivity index (χ0v) is 15.9. The van der Waals surface area contributed by atoms with Crippen LogP contribution in [0.15, 0.2) is 54.7 Å². The molecule has 2 heterocycles. The maximum atomic E-state index is 12.5. The molecule has 0 atom stereocenters. The summed E-state index contributed by atoms with van der Waals surface area (Å²) in [4.78, 5) is 23.2. The molecule has 9 nitrogen and oxygen atoms in total. The molecule has 0 aliphatic rings. The third-order valence-electron chi connectivity index (χ3n) is 4.79. The Labute approximate surface area is 165 Å². The number of fused-ring (bicyclic) bond motifs is 1. The summed E-state index contributed by atoms with van der Waals surface area (Å²) in [6.45, 7) is 2.07. The number of aromatic nitrogens is 4. The van der Waals surface area contributed by atoms with Gasteiger partial charge in [0.15, 0.2) is 5.82 Å². The number of hydrogen-bond acceptors (Lipinski definition) is 5. The first-order valence-electron chi connectivity index (χ1n) is 8.93. The zero-order chi connectivity index (χ0) is 20.5. The quantitative estimate of drug-likeness (QED) is 0.416. The van der Waals surface area contributed by atoms with E-state index < -0.39 is 10.8 Å². The van der Waals surface area contributed by atoms with E-state index in [2.05, 4.69) is 33.7 Å². The van der Waals surface area contributed by atoms with Crippen LogP contribution in [0.4, 0.5) is 11.5 Å². The van der Waals surface area contributed by atoms with Crippen molar-refractivity contribution in [2.75, 3.05) is 5.32 Å². The SMILES string of the molecule is Cc1c([N+](=O)[O-])c(C(=O)Nc2ccn(Cc3cccc4ccccc34)n2)nn1C. The van der Waals surface area contributed by atoms with Crippen molar-refractivity contribution in [3.05, 3.63) is 81.8 Å². The molecule has 0 saturated heterocycles. The van der Waals surface area contributed by atoms with Crippen LogP contribution in [0, 0.1) is 17.0 Å². The number of nitrogens with one attached hydrogen (secondary N) is 1. The zero-order valence-electron chi connectivity index (χ0n) is 15.9. The smallest absolute Gasteiger partial charge is 0.303 e. The van der Waals surface area contributed by atoms with Crippen LogP contribution in [0.5, 0.6) is 0 Å². The van der Waals surface area contributed by atoms with Crippen LogP contribution in [0.2, 0.25) is 0 Å².